The molecule has 1 aromatic rings. The lowest BCUT2D eigenvalue weighted by Crippen LogP contribution is -2.24. The van der Waals surface area contributed by atoms with Crippen LogP contribution < -0.4 is 0 Å². The molecule has 0 radical (unpaired) electrons. The predicted octanol–water partition coefficient (Wildman–Crippen LogP) is 5.26. The first-order chi connectivity index (χ1) is 8.83. The van der Waals surface area contributed by atoms with Crippen LogP contribution in [0, 0.1) is 5.41 Å². The average Bonchev–Trinajstić information content (AvgIpc) is 2.81. The maximum absolute atomic E-state index is 10.6. The molecule has 1 heterocycles. The first kappa shape index (κ1) is 14.8. The molecule has 0 aliphatic heterocycles. The minimum Gasteiger partial charge on any atom is -0.385 e. The van der Waals surface area contributed by atoms with E-state index in [0.717, 1.165) is 17.7 Å². The Morgan fingerprint density at radius 2 is 2.16 bits per heavy atom. The van der Waals surface area contributed by atoms with Crippen LogP contribution in [0.4, 0.5) is 0 Å². The van der Waals surface area contributed by atoms with Gasteiger partial charge in [-0.2, -0.15) is 0 Å². The van der Waals surface area contributed by atoms with E-state index in [0.29, 0.717) is 5.41 Å². The first-order valence-corrected chi connectivity index (χ1v) is 8.16. The normalized spacial score (nSPS) is 22.4. The Hall–Kier alpha value is -0.600. The largest absolute Gasteiger partial charge is 0.385 e. The molecule has 106 valence electrons. The SMILES string of the molecule is CC1=C(CCC(C)(O)c2cccs2)C(C)(C)CCC1. The van der Waals surface area contributed by atoms with Crippen LogP contribution in [0.25, 0.3) is 0 Å². The van der Waals surface area contributed by atoms with Crippen molar-refractivity contribution in [2.45, 2.75) is 65.4 Å². The van der Waals surface area contributed by atoms with Crippen LogP contribution in [0.2, 0.25) is 0 Å². The second kappa shape index (κ2) is 5.41. The van der Waals surface area contributed by atoms with Gasteiger partial charge in [-0.25, -0.2) is 0 Å². The fourth-order valence-electron chi connectivity index (χ4n) is 3.30. The molecule has 1 aliphatic carbocycles. The lowest BCUT2D eigenvalue weighted by Gasteiger charge is -2.36. The van der Waals surface area contributed by atoms with Crippen molar-refractivity contribution in [2.24, 2.45) is 5.41 Å². The fraction of sp³-hybridized carbons (Fsp3) is 0.647. The molecule has 2 heteroatoms. The van der Waals surface area contributed by atoms with Crippen molar-refractivity contribution in [3.05, 3.63) is 33.5 Å². The molecule has 1 nitrogen and oxygen atoms in total. The second-order valence-electron chi connectivity index (χ2n) is 6.75. The number of hydrogen-bond acceptors (Lipinski definition) is 2. The Kier molecular flexibility index (Phi) is 4.22. The molecule has 1 unspecified atom stereocenters. The summed E-state index contributed by atoms with van der Waals surface area (Å²) in [4.78, 5) is 1.08. The summed E-state index contributed by atoms with van der Waals surface area (Å²) in [5.41, 5.74) is 2.76. The number of aliphatic hydroxyl groups is 1. The van der Waals surface area contributed by atoms with E-state index in [1.807, 2.05) is 24.4 Å². The van der Waals surface area contributed by atoms with Crippen molar-refractivity contribution in [1.29, 1.82) is 0 Å². The Balaban J connectivity index is 2.10. The molecule has 1 aromatic heterocycles. The number of hydrogen-bond donors (Lipinski definition) is 1. The summed E-state index contributed by atoms with van der Waals surface area (Å²) < 4.78 is 0. The molecular weight excluding hydrogens is 252 g/mol. The van der Waals surface area contributed by atoms with Crippen LogP contribution in [0.15, 0.2) is 28.7 Å². The van der Waals surface area contributed by atoms with Gasteiger partial charge in [-0.05, 0) is 62.8 Å². The Morgan fingerprint density at radius 3 is 2.74 bits per heavy atom. The molecular formula is C17H26OS. The monoisotopic (exact) mass is 278 g/mol. The molecule has 1 atom stereocenters. The van der Waals surface area contributed by atoms with Gasteiger partial charge in [0.25, 0.3) is 0 Å². The highest BCUT2D eigenvalue weighted by Crippen LogP contribution is 2.44. The topological polar surface area (TPSA) is 20.2 Å². The molecule has 1 aliphatic rings. The Bertz CT molecular complexity index is 452. The maximum Gasteiger partial charge on any atom is 0.0962 e. The fourth-order valence-corrected chi connectivity index (χ4v) is 4.12. The van der Waals surface area contributed by atoms with Crippen LogP contribution in [0.3, 0.4) is 0 Å². The molecule has 1 N–H and O–H groups in total. The lowest BCUT2D eigenvalue weighted by atomic mass is 9.70. The molecule has 0 saturated heterocycles. The summed E-state index contributed by atoms with van der Waals surface area (Å²) in [5.74, 6) is 0. The van der Waals surface area contributed by atoms with E-state index >= 15 is 0 Å². The summed E-state index contributed by atoms with van der Waals surface area (Å²) in [6.45, 7) is 8.93. The van der Waals surface area contributed by atoms with Gasteiger partial charge in [0.05, 0.1) is 5.60 Å². The van der Waals surface area contributed by atoms with Crippen molar-refractivity contribution >= 4 is 11.3 Å². The van der Waals surface area contributed by atoms with E-state index in [1.165, 1.54) is 19.3 Å². The molecule has 2 rings (SSSR count). The molecule has 0 saturated carbocycles. The minimum absolute atomic E-state index is 0.313. The van der Waals surface area contributed by atoms with Gasteiger partial charge in [0.15, 0.2) is 0 Å². The number of thiophene rings is 1. The smallest absolute Gasteiger partial charge is 0.0962 e. The average molecular weight is 278 g/mol. The second-order valence-corrected chi connectivity index (χ2v) is 7.70. The molecule has 19 heavy (non-hydrogen) atoms. The summed E-state index contributed by atoms with van der Waals surface area (Å²) in [6, 6.07) is 4.06. The van der Waals surface area contributed by atoms with E-state index in [-0.39, 0.29) is 0 Å². The molecule has 0 fully saturated rings. The van der Waals surface area contributed by atoms with Gasteiger partial charge in [-0.15, -0.1) is 11.3 Å². The zero-order valence-corrected chi connectivity index (χ0v) is 13.4. The third kappa shape index (κ3) is 3.29. The van der Waals surface area contributed by atoms with Gasteiger partial charge >= 0.3 is 0 Å². The Labute approximate surface area is 121 Å². The highest BCUT2D eigenvalue weighted by atomic mass is 32.1. The third-order valence-corrected chi connectivity index (χ3v) is 5.72. The van der Waals surface area contributed by atoms with Crippen molar-refractivity contribution in [3.63, 3.8) is 0 Å². The third-order valence-electron chi connectivity index (χ3n) is 4.60. The maximum atomic E-state index is 10.6. The van der Waals surface area contributed by atoms with Crippen molar-refractivity contribution in [3.8, 4) is 0 Å². The minimum atomic E-state index is -0.686. The van der Waals surface area contributed by atoms with Crippen LogP contribution in [-0.2, 0) is 5.60 Å². The van der Waals surface area contributed by atoms with Gasteiger partial charge in [0.1, 0.15) is 0 Å². The summed E-state index contributed by atoms with van der Waals surface area (Å²) in [5, 5.41) is 12.7. The van der Waals surface area contributed by atoms with Crippen LogP contribution >= 0.6 is 11.3 Å². The highest BCUT2D eigenvalue weighted by Gasteiger charge is 2.31. The van der Waals surface area contributed by atoms with Crippen molar-refractivity contribution in [2.75, 3.05) is 0 Å². The van der Waals surface area contributed by atoms with Gasteiger partial charge in [0, 0.05) is 4.88 Å². The van der Waals surface area contributed by atoms with Gasteiger partial charge < -0.3 is 5.11 Å². The van der Waals surface area contributed by atoms with Gasteiger partial charge in [0.2, 0.25) is 0 Å². The van der Waals surface area contributed by atoms with Gasteiger partial charge in [-0.3, -0.25) is 0 Å². The zero-order valence-electron chi connectivity index (χ0n) is 12.6. The highest BCUT2D eigenvalue weighted by molar-refractivity contribution is 7.10. The summed E-state index contributed by atoms with van der Waals surface area (Å²) in [7, 11) is 0. The van der Waals surface area contributed by atoms with Crippen molar-refractivity contribution in [1.82, 2.24) is 0 Å². The van der Waals surface area contributed by atoms with Crippen LogP contribution in [0.5, 0.6) is 0 Å². The van der Waals surface area contributed by atoms with E-state index in [9.17, 15) is 5.11 Å². The quantitative estimate of drug-likeness (QED) is 0.745. The standard InChI is InChI=1S/C17H26OS/c1-13-7-5-10-16(2,3)14(13)9-11-17(4,18)15-8-6-12-19-15/h6,8,12,18H,5,7,9-11H2,1-4H3. The van der Waals surface area contributed by atoms with Crippen LogP contribution in [-0.4, -0.2) is 5.11 Å². The molecule has 0 spiro atoms. The van der Waals surface area contributed by atoms with E-state index in [4.69, 9.17) is 0 Å². The van der Waals surface area contributed by atoms with E-state index < -0.39 is 5.60 Å². The molecule has 0 bridgehead atoms. The summed E-state index contributed by atoms with van der Waals surface area (Å²) in [6.07, 6.45) is 5.66. The van der Waals surface area contributed by atoms with Crippen LogP contribution in [0.1, 0.15) is 64.7 Å². The molecule has 0 aromatic carbocycles. The summed E-state index contributed by atoms with van der Waals surface area (Å²) >= 11 is 1.65. The van der Waals surface area contributed by atoms with Crippen molar-refractivity contribution < 1.29 is 5.11 Å². The number of rotatable bonds is 4. The van der Waals surface area contributed by atoms with E-state index in [1.54, 1.807) is 22.5 Å². The van der Waals surface area contributed by atoms with Gasteiger partial charge in [-0.1, -0.05) is 31.1 Å². The lowest BCUT2D eigenvalue weighted by molar-refractivity contribution is 0.0501. The number of allylic oxidation sites excluding steroid dienone is 2. The first-order valence-electron chi connectivity index (χ1n) is 7.28. The van der Waals surface area contributed by atoms with E-state index in [2.05, 4.69) is 20.8 Å². The predicted molar refractivity (Wildman–Crippen MR) is 83.5 cm³/mol. The zero-order chi connectivity index (χ0) is 14.1. The molecule has 0 amide bonds. The Morgan fingerprint density at radius 1 is 1.42 bits per heavy atom.